The van der Waals surface area contributed by atoms with Crippen LogP contribution in [0.2, 0.25) is 0 Å². The fourth-order valence-corrected chi connectivity index (χ4v) is 2.75. The van der Waals surface area contributed by atoms with Gasteiger partial charge in [0.05, 0.1) is 11.7 Å². The van der Waals surface area contributed by atoms with E-state index in [-0.39, 0.29) is 6.04 Å². The van der Waals surface area contributed by atoms with Gasteiger partial charge in [-0.15, -0.1) is 0 Å². The van der Waals surface area contributed by atoms with Gasteiger partial charge in [0.25, 0.3) is 0 Å². The first-order valence-electron chi connectivity index (χ1n) is 7.07. The van der Waals surface area contributed by atoms with Crippen molar-refractivity contribution in [2.24, 2.45) is 5.84 Å². The summed E-state index contributed by atoms with van der Waals surface area (Å²) in [5, 5.41) is 2.44. The van der Waals surface area contributed by atoms with Crippen molar-refractivity contribution in [3.05, 3.63) is 77.1 Å². The highest BCUT2D eigenvalue weighted by Crippen LogP contribution is 2.26. The Hall–Kier alpha value is -2.23. The summed E-state index contributed by atoms with van der Waals surface area (Å²) < 4.78 is 0. The molecule has 0 radical (unpaired) electrons. The van der Waals surface area contributed by atoms with Gasteiger partial charge >= 0.3 is 0 Å². The van der Waals surface area contributed by atoms with Crippen LogP contribution in [0.25, 0.3) is 10.8 Å². The van der Waals surface area contributed by atoms with Crippen LogP contribution >= 0.6 is 0 Å². The van der Waals surface area contributed by atoms with E-state index in [1.54, 1.807) is 0 Å². The summed E-state index contributed by atoms with van der Waals surface area (Å²) in [5.74, 6) is 5.80. The Bertz CT molecular complexity index is 780. The van der Waals surface area contributed by atoms with Crippen LogP contribution in [0.5, 0.6) is 0 Å². The molecule has 106 valence electrons. The van der Waals surface area contributed by atoms with Gasteiger partial charge in [0.2, 0.25) is 0 Å². The van der Waals surface area contributed by atoms with Crippen LogP contribution in [-0.4, -0.2) is 4.98 Å². The molecule has 21 heavy (non-hydrogen) atoms. The number of benzene rings is 2. The highest BCUT2D eigenvalue weighted by Gasteiger charge is 2.16. The second-order valence-electron chi connectivity index (χ2n) is 5.42. The first kappa shape index (κ1) is 13.7. The van der Waals surface area contributed by atoms with Crippen molar-refractivity contribution in [2.75, 3.05) is 0 Å². The van der Waals surface area contributed by atoms with E-state index in [0.717, 1.165) is 22.4 Å². The number of nitrogens with two attached hydrogens (primary N) is 1. The number of nitrogens with zero attached hydrogens (tertiary/aromatic N) is 1. The fraction of sp³-hybridized carbons (Fsp3) is 0.167. The molecule has 2 aromatic carbocycles. The van der Waals surface area contributed by atoms with Crippen LogP contribution in [0.15, 0.2) is 54.7 Å². The zero-order valence-corrected chi connectivity index (χ0v) is 12.3. The Labute approximate surface area is 124 Å². The maximum absolute atomic E-state index is 5.80. The number of rotatable bonds is 3. The number of hydrogen-bond donors (Lipinski definition) is 2. The largest absolute Gasteiger partial charge is 0.271 e. The Kier molecular flexibility index (Phi) is 3.69. The summed E-state index contributed by atoms with van der Waals surface area (Å²) >= 11 is 0. The highest BCUT2D eigenvalue weighted by molar-refractivity contribution is 5.83. The molecular weight excluding hydrogens is 258 g/mol. The van der Waals surface area contributed by atoms with Crippen LogP contribution in [-0.2, 0) is 0 Å². The Balaban J connectivity index is 2.09. The zero-order valence-electron chi connectivity index (χ0n) is 12.3. The third kappa shape index (κ3) is 2.66. The van der Waals surface area contributed by atoms with E-state index in [2.05, 4.69) is 53.7 Å². The molecular formula is C18H19N3. The van der Waals surface area contributed by atoms with Crippen molar-refractivity contribution in [2.45, 2.75) is 19.9 Å². The number of fused-ring (bicyclic) bond motifs is 1. The molecule has 0 aliphatic rings. The smallest absolute Gasteiger partial charge is 0.0884 e. The summed E-state index contributed by atoms with van der Waals surface area (Å²) in [6.07, 6.45) is 1.88. The van der Waals surface area contributed by atoms with Crippen LogP contribution in [0, 0.1) is 13.8 Å². The van der Waals surface area contributed by atoms with Crippen molar-refractivity contribution in [3.63, 3.8) is 0 Å². The molecule has 0 fully saturated rings. The monoisotopic (exact) mass is 277 g/mol. The molecule has 1 unspecified atom stereocenters. The first-order chi connectivity index (χ1) is 10.2. The molecule has 0 saturated carbocycles. The number of hydrogen-bond acceptors (Lipinski definition) is 3. The van der Waals surface area contributed by atoms with Gasteiger partial charge in [0.15, 0.2) is 0 Å². The number of aromatic nitrogens is 1. The lowest BCUT2D eigenvalue weighted by atomic mass is 9.97. The molecule has 3 rings (SSSR count). The van der Waals surface area contributed by atoms with E-state index >= 15 is 0 Å². The Morgan fingerprint density at radius 1 is 1.00 bits per heavy atom. The molecule has 1 heterocycles. The summed E-state index contributed by atoms with van der Waals surface area (Å²) in [6, 6.07) is 16.7. The van der Waals surface area contributed by atoms with Crippen LogP contribution < -0.4 is 11.3 Å². The number of hydrazine groups is 1. The minimum Gasteiger partial charge on any atom is -0.271 e. The summed E-state index contributed by atoms with van der Waals surface area (Å²) in [7, 11) is 0. The molecule has 1 aromatic heterocycles. The average Bonchev–Trinajstić information content (AvgIpc) is 2.50. The summed E-state index contributed by atoms with van der Waals surface area (Å²) in [4.78, 5) is 4.56. The van der Waals surface area contributed by atoms with Gasteiger partial charge in [-0.2, -0.15) is 0 Å². The SMILES string of the molecule is Cc1cnc(C(NN)c2ccc3ccccc3c2)c(C)c1. The third-order valence-electron chi connectivity index (χ3n) is 3.80. The molecule has 0 aliphatic carbocycles. The van der Waals surface area contributed by atoms with Gasteiger partial charge in [-0.05, 0) is 47.4 Å². The average molecular weight is 277 g/mol. The van der Waals surface area contributed by atoms with E-state index in [0.29, 0.717) is 0 Å². The van der Waals surface area contributed by atoms with Crippen molar-refractivity contribution in [1.82, 2.24) is 10.4 Å². The van der Waals surface area contributed by atoms with Crippen LogP contribution in [0.4, 0.5) is 0 Å². The van der Waals surface area contributed by atoms with Crippen molar-refractivity contribution in [1.29, 1.82) is 0 Å². The van der Waals surface area contributed by atoms with E-state index in [1.807, 2.05) is 25.3 Å². The van der Waals surface area contributed by atoms with E-state index in [9.17, 15) is 0 Å². The van der Waals surface area contributed by atoms with Gasteiger partial charge in [0, 0.05) is 6.20 Å². The zero-order chi connectivity index (χ0) is 14.8. The molecule has 1 atom stereocenters. The first-order valence-corrected chi connectivity index (χ1v) is 7.07. The van der Waals surface area contributed by atoms with Crippen LogP contribution in [0.3, 0.4) is 0 Å². The topological polar surface area (TPSA) is 50.9 Å². The normalized spacial score (nSPS) is 12.5. The molecule has 3 heteroatoms. The predicted octanol–water partition coefficient (Wildman–Crippen LogP) is 3.40. The lowest BCUT2D eigenvalue weighted by molar-refractivity contribution is 0.617. The number of aryl methyl sites for hydroxylation is 2. The third-order valence-corrected chi connectivity index (χ3v) is 3.80. The van der Waals surface area contributed by atoms with Gasteiger partial charge in [-0.25, -0.2) is 5.43 Å². The lowest BCUT2D eigenvalue weighted by Gasteiger charge is -2.19. The maximum Gasteiger partial charge on any atom is 0.0884 e. The minimum absolute atomic E-state index is 0.102. The van der Waals surface area contributed by atoms with Crippen molar-refractivity contribution in [3.8, 4) is 0 Å². The van der Waals surface area contributed by atoms with Gasteiger partial charge < -0.3 is 0 Å². The van der Waals surface area contributed by atoms with E-state index in [4.69, 9.17) is 5.84 Å². The lowest BCUT2D eigenvalue weighted by Crippen LogP contribution is -2.30. The standard InChI is InChI=1S/C18H19N3/c1-12-9-13(2)17(20-11-12)18(21-19)16-8-7-14-5-3-4-6-15(14)10-16/h3-11,18,21H,19H2,1-2H3. The summed E-state index contributed by atoms with van der Waals surface area (Å²) in [5.41, 5.74) is 7.29. The minimum atomic E-state index is -0.102. The van der Waals surface area contributed by atoms with Crippen molar-refractivity contribution >= 4 is 10.8 Å². The van der Waals surface area contributed by atoms with Gasteiger partial charge in [0.1, 0.15) is 0 Å². The summed E-state index contributed by atoms with van der Waals surface area (Å²) in [6.45, 7) is 4.12. The van der Waals surface area contributed by atoms with Crippen molar-refractivity contribution < 1.29 is 0 Å². The second-order valence-corrected chi connectivity index (χ2v) is 5.42. The number of pyridine rings is 1. The molecule has 3 aromatic rings. The Morgan fingerprint density at radius 3 is 2.48 bits per heavy atom. The fourth-order valence-electron chi connectivity index (χ4n) is 2.75. The van der Waals surface area contributed by atoms with Gasteiger partial charge in [-0.3, -0.25) is 10.8 Å². The van der Waals surface area contributed by atoms with Crippen LogP contribution in [0.1, 0.15) is 28.4 Å². The van der Waals surface area contributed by atoms with E-state index < -0.39 is 0 Å². The number of nitrogens with one attached hydrogen (secondary N) is 1. The maximum atomic E-state index is 5.80. The second kappa shape index (κ2) is 5.64. The predicted molar refractivity (Wildman–Crippen MR) is 86.8 cm³/mol. The molecule has 3 nitrogen and oxygen atoms in total. The Morgan fingerprint density at radius 2 is 1.76 bits per heavy atom. The van der Waals surface area contributed by atoms with Gasteiger partial charge in [-0.1, -0.05) is 42.5 Å². The molecule has 0 saturated heterocycles. The van der Waals surface area contributed by atoms with E-state index in [1.165, 1.54) is 10.8 Å². The molecule has 0 spiro atoms. The highest BCUT2D eigenvalue weighted by atomic mass is 15.2. The molecule has 0 aliphatic heterocycles. The quantitative estimate of drug-likeness (QED) is 0.570. The molecule has 0 amide bonds. The molecule has 0 bridgehead atoms. The molecule has 3 N–H and O–H groups in total.